The van der Waals surface area contributed by atoms with Crippen LogP contribution in [0.4, 0.5) is 5.69 Å². The molecule has 4 rings (SSSR count). The number of nitrogens with zero attached hydrogens (tertiary/aromatic N) is 3. The van der Waals surface area contributed by atoms with Crippen molar-refractivity contribution in [1.29, 1.82) is 0 Å². The Labute approximate surface area is 132 Å². The molecule has 0 spiro atoms. The van der Waals surface area contributed by atoms with Crippen LogP contribution in [-0.2, 0) is 4.79 Å². The van der Waals surface area contributed by atoms with E-state index in [0.29, 0.717) is 13.0 Å². The number of aromatic nitrogens is 1. The number of thiophene rings is 1. The van der Waals surface area contributed by atoms with Gasteiger partial charge >= 0.3 is 0 Å². The molecule has 2 aromatic rings. The Hall–Kier alpha value is -2.21. The van der Waals surface area contributed by atoms with E-state index in [1.807, 2.05) is 39.4 Å². The van der Waals surface area contributed by atoms with Crippen LogP contribution in [0, 0.1) is 0 Å². The molecule has 0 aromatic carbocycles. The molecule has 0 bridgehead atoms. The first kappa shape index (κ1) is 13.5. The van der Waals surface area contributed by atoms with E-state index in [1.54, 1.807) is 12.4 Å². The first-order chi connectivity index (χ1) is 10.8. The van der Waals surface area contributed by atoms with Crippen LogP contribution < -0.4 is 4.90 Å². The Morgan fingerprint density at radius 3 is 2.91 bits per heavy atom. The van der Waals surface area contributed by atoms with E-state index < -0.39 is 0 Å². The monoisotopic (exact) mass is 313 g/mol. The van der Waals surface area contributed by atoms with Crippen LogP contribution in [0.1, 0.15) is 22.5 Å². The fourth-order valence-corrected chi connectivity index (χ4v) is 4.15. The maximum Gasteiger partial charge on any atom is 0.264 e. The lowest BCUT2D eigenvalue weighted by atomic mass is 10.1. The van der Waals surface area contributed by atoms with Crippen LogP contribution in [0.5, 0.6) is 0 Å². The van der Waals surface area contributed by atoms with Gasteiger partial charge in [-0.1, -0.05) is 6.07 Å². The Kier molecular flexibility index (Phi) is 3.18. The Balaban J connectivity index is 1.61. The molecule has 2 fully saturated rings. The van der Waals surface area contributed by atoms with Gasteiger partial charge < -0.3 is 9.80 Å². The number of pyridine rings is 1. The van der Waals surface area contributed by atoms with E-state index in [0.717, 1.165) is 17.0 Å². The van der Waals surface area contributed by atoms with Gasteiger partial charge in [0.25, 0.3) is 5.91 Å². The average molecular weight is 313 g/mol. The quantitative estimate of drug-likeness (QED) is 0.854. The van der Waals surface area contributed by atoms with E-state index >= 15 is 0 Å². The van der Waals surface area contributed by atoms with Gasteiger partial charge in [-0.05, 0) is 30.0 Å². The number of rotatable bonds is 2. The Morgan fingerprint density at radius 1 is 1.27 bits per heavy atom. The second-order valence-corrected chi connectivity index (χ2v) is 6.53. The fourth-order valence-electron chi connectivity index (χ4n) is 3.47. The number of hydrogen-bond donors (Lipinski definition) is 0. The number of carbonyl (C=O) groups is 2. The SMILES string of the molecule is O=C(c1cccs1)N1CC[C@H]2[C@H]1CC(=O)N2c1cccnc1. The lowest BCUT2D eigenvalue weighted by Crippen LogP contribution is -2.39. The van der Waals surface area contributed by atoms with E-state index in [-0.39, 0.29) is 23.9 Å². The molecule has 2 saturated heterocycles. The third kappa shape index (κ3) is 2.02. The molecule has 2 atom stereocenters. The van der Waals surface area contributed by atoms with Crippen LogP contribution in [0.2, 0.25) is 0 Å². The van der Waals surface area contributed by atoms with Crippen LogP contribution in [0.3, 0.4) is 0 Å². The summed E-state index contributed by atoms with van der Waals surface area (Å²) in [5.74, 6) is 0.120. The zero-order valence-corrected chi connectivity index (χ0v) is 12.7. The number of hydrogen-bond acceptors (Lipinski definition) is 4. The number of anilines is 1. The average Bonchev–Trinajstić information content (AvgIpc) is 3.23. The van der Waals surface area contributed by atoms with Crippen LogP contribution >= 0.6 is 11.3 Å². The largest absolute Gasteiger partial charge is 0.332 e. The maximum atomic E-state index is 12.6. The molecule has 0 unspecified atom stereocenters. The van der Waals surface area contributed by atoms with Crippen molar-refractivity contribution in [2.45, 2.75) is 24.9 Å². The predicted octanol–water partition coefficient (Wildman–Crippen LogP) is 2.16. The molecule has 2 aromatic heterocycles. The van der Waals surface area contributed by atoms with Gasteiger partial charge in [-0.3, -0.25) is 14.6 Å². The molecule has 2 aliphatic rings. The zero-order chi connectivity index (χ0) is 15.1. The summed E-state index contributed by atoms with van der Waals surface area (Å²) in [7, 11) is 0. The fraction of sp³-hybridized carbons (Fsp3) is 0.312. The van der Waals surface area contributed by atoms with E-state index in [1.165, 1.54) is 11.3 Å². The van der Waals surface area contributed by atoms with Gasteiger partial charge in [0.15, 0.2) is 0 Å². The third-order valence-corrected chi connectivity index (χ3v) is 5.27. The lowest BCUT2D eigenvalue weighted by molar-refractivity contribution is -0.117. The molecule has 5 nitrogen and oxygen atoms in total. The maximum absolute atomic E-state index is 12.6. The van der Waals surface area contributed by atoms with Gasteiger partial charge in [0, 0.05) is 19.2 Å². The van der Waals surface area contributed by atoms with Crippen molar-refractivity contribution in [3.8, 4) is 0 Å². The second-order valence-electron chi connectivity index (χ2n) is 5.58. The number of fused-ring (bicyclic) bond motifs is 1. The molecule has 2 amide bonds. The molecular weight excluding hydrogens is 298 g/mol. The molecule has 0 saturated carbocycles. The highest BCUT2D eigenvalue weighted by molar-refractivity contribution is 7.12. The smallest absolute Gasteiger partial charge is 0.264 e. The van der Waals surface area contributed by atoms with Crippen LogP contribution in [0.15, 0.2) is 42.0 Å². The summed E-state index contributed by atoms with van der Waals surface area (Å²) in [4.78, 5) is 33.5. The molecule has 0 aliphatic carbocycles. The minimum Gasteiger partial charge on any atom is -0.332 e. The van der Waals surface area contributed by atoms with E-state index in [4.69, 9.17) is 0 Å². The van der Waals surface area contributed by atoms with Crippen molar-refractivity contribution in [2.75, 3.05) is 11.4 Å². The van der Waals surface area contributed by atoms with Crippen molar-refractivity contribution >= 4 is 28.8 Å². The molecule has 112 valence electrons. The third-order valence-electron chi connectivity index (χ3n) is 4.41. The van der Waals surface area contributed by atoms with Crippen molar-refractivity contribution in [2.24, 2.45) is 0 Å². The molecule has 2 aliphatic heterocycles. The van der Waals surface area contributed by atoms with Crippen molar-refractivity contribution < 1.29 is 9.59 Å². The van der Waals surface area contributed by atoms with Crippen LogP contribution in [0.25, 0.3) is 0 Å². The highest BCUT2D eigenvalue weighted by Gasteiger charge is 2.49. The van der Waals surface area contributed by atoms with Crippen molar-refractivity contribution in [3.63, 3.8) is 0 Å². The van der Waals surface area contributed by atoms with Gasteiger partial charge in [0.2, 0.25) is 5.91 Å². The van der Waals surface area contributed by atoms with Crippen LogP contribution in [-0.4, -0.2) is 40.3 Å². The molecule has 0 radical (unpaired) electrons. The summed E-state index contributed by atoms with van der Waals surface area (Å²) in [6.45, 7) is 0.704. The normalized spacial score (nSPS) is 23.9. The minimum absolute atomic E-state index is 0.0256. The summed E-state index contributed by atoms with van der Waals surface area (Å²) in [6.07, 6.45) is 4.63. The van der Waals surface area contributed by atoms with Gasteiger partial charge in [0.1, 0.15) is 0 Å². The summed E-state index contributed by atoms with van der Waals surface area (Å²) < 4.78 is 0. The zero-order valence-electron chi connectivity index (χ0n) is 11.9. The minimum atomic E-state index is -0.0256. The van der Waals surface area contributed by atoms with Gasteiger partial charge in [-0.25, -0.2) is 0 Å². The highest BCUT2D eigenvalue weighted by atomic mass is 32.1. The first-order valence-corrected chi connectivity index (χ1v) is 8.20. The first-order valence-electron chi connectivity index (χ1n) is 7.32. The Bertz CT molecular complexity index is 701. The van der Waals surface area contributed by atoms with Gasteiger partial charge in [-0.2, -0.15) is 0 Å². The molecule has 22 heavy (non-hydrogen) atoms. The molecule has 6 heteroatoms. The number of likely N-dealkylation sites (tertiary alicyclic amines) is 1. The molecular formula is C16H15N3O2S. The summed E-state index contributed by atoms with van der Waals surface area (Å²) in [6, 6.07) is 7.50. The molecule has 4 heterocycles. The molecule has 0 N–H and O–H groups in total. The summed E-state index contributed by atoms with van der Waals surface area (Å²) in [5, 5.41) is 1.91. The van der Waals surface area contributed by atoms with Gasteiger partial charge in [-0.15, -0.1) is 11.3 Å². The standard InChI is InChI=1S/C16H15N3O2S/c20-15-9-13-12(19(15)11-3-1-6-17-10-11)5-7-18(13)16(21)14-4-2-8-22-14/h1-4,6,8,10,12-13H,5,7,9H2/t12-,13+/m0/s1. The Morgan fingerprint density at radius 2 is 2.18 bits per heavy atom. The van der Waals surface area contributed by atoms with E-state index in [2.05, 4.69) is 4.98 Å². The topological polar surface area (TPSA) is 53.5 Å². The van der Waals surface area contributed by atoms with Gasteiger partial charge in [0.05, 0.1) is 28.8 Å². The highest BCUT2D eigenvalue weighted by Crippen LogP contribution is 2.36. The van der Waals surface area contributed by atoms with E-state index in [9.17, 15) is 9.59 Å². The summed E-state index contributed by atoms with van der Waals surface area (Å²) in [5.41, 5.74) is 0.824. The number of amides is 2. The predicted molar refractivity (Wildman–Crippen MR) is 83.9 cm³/mol. The second kappa shape index (κ2) is 5.21. The summed E-state index contributed by atoms with van der Waals surface area (Å²) >= 11 is 1.45. The number of carbonyl (C=O) groups excluding carboxylic acids is 2. The van der Waals surface area contributed by atoms with Crippen molar-refractivity contribution in [3.05, 3.63) is 46.9 Å². The lowest BCUT2D eigenvalue weighted by Gasteiger charge is -2.25. The van der Waals surface area contributed by atoms with Crippen molar-refractivity contribution in [1.82, 2.24) is 9.88 Å².